The van der Waals surface area contributed by atoms with Crippen LogP contribution in [0.1, 0.15) is 20.7 Å². The van der Waals surface area contributed by atoms with Crippen molar-refractivity contribution in [3.05, 3.63) is 99.4 Å². The number of hydrogen-bond acceptors (Lipinski definition) is 7. The van der Waals surface area contributed by atoms with Gasteiger partial charge in [-0.05, 0) is 66.7 Å². The van der Waals surface area contributed by atoms with Gasteiger partial charge in [-0.25, -0.2) is 18.9 Å². The minimum Gasteiger partial charge on any atom is -0.465 e. The van der Waals surface area contributed by atoms with Gasteiger partial charge in [0.2, 0.25) is 0 Å². The number of benzene rings is 3. The maximum absolute atomic E-state index is 13.5. The number of halogens is 3. The van der Waals surface area contributed by atoms with E-state index in [4.69, 9.17) is 27.9 Å². The first-order chi connectivity index (χ1) is 17.2. The lowest BCUT2D eigenvalue weighted by Gasteiger charge is -2.15. The second kappa shape index (κ2) is 10.2. The fourth-order valence-electron chi connectivity index (χ4n) is 3.25. The SMILES string of the molecule is COC(=O)c1ccc(OC(=O)c2ccc(NC3=C(Cl)C(=O)N(c4ccc(F)c(Cl)c4)C3=O)cc2)cc1. The lowest BCUT2D eigenvalue weighted by molar-refractivity contribution is -0.120. The first kappa shape index (κ1) is 24.9. The van der Waals surface area contributed by atoms with E-state index in [1.165, 1.54) is 61.7 Å². The van der Waals surface area contributed by atoms with Crippen molar-refractivity contribution in [3.8, 4) is 5.75 Å². The lowest BCUT2D eigenvalue weighted by atomic mass is 10.2. The highest BCUT2D eigenvalue weighted by Crippen LogP contribution is 2.32. The van der Waals surface area contributed by atoms with Gasteiger partial charge in [0.05, 0.1) is 28.9 Å². The summed E-state index contributed by atoms with van der Waals surface area (Å²) in [5.74, 6) is -3.21. The van der Waals surface area contributed by atoms with Crippen molar-refractivity contribution in [3.63, 3.8) is 0 Å². The molecule has 0 atom stereocenters. The summed E-state index contributed by atoms with van der Waals surface area (Å²) in [5, 5.41) is 2.15. The Hall–Kier alpha value is -4.21. The quantitative estimate of drug-likeness (QED) is 0.275. The Morgan fingerprint density at radius 2 is 1.47 bits per heavy atom. The van der Waals surface area contributed by atoms with Gasteiger partial charge in [-0.1, -0.05) is 23.2 Å². The summed E-state index contributed by atoms with van der Waals surface area (Å²) in [7, 11) is 1.26. The summed E-state index contributed by atoms with van der Waals surface area (Å²) in [5.41, 5.74) is 0.741. The van der Waals surface area contributed by atoms with Gasteiger partial charge in [0.25, 0.3) is 11.8 Å². The third kappa shape index (κ3) is 4.93. The Balaban J connectivity index is 1.45. The lowest BCUT2D eigenvalue weighted by Crippen LogP contribution is -2.32. The van der Waals surface area contributed by atoms with Crippen LogP contribution >= 0.6 is 23.2 Å². The van der Waals surface area contributed by atoms with Crippen molar-refractivity contribution in [1.82, 2.24) is 0 Å². The van der Waals surface area contributed by atoms with Crippen molar-refractivity contribution < 1.29 is 33.0 Å². The second-order valence-corrected chi connectivity index (χ2v) is 8.13. The number of amides is 2. The van der Waals surface area contributed by atoms with E-state index in [2.05, 4.69) is 10.1 Å². The molecule has 1 N–H and O–H groups in total. The molecular weight excluding hydrogens is 514 g/mol. The molecule has 36 heavy (non-hydrogen) atoms. The first-order valence-corrected chi connectivity index (χ1v) is 11.0. The van der Waals surface area contributed by atoms with E-state index in [0.717, 1.165) is 17.0 Å². The highest BCUT2D eigenvalue weighted by molar-refractivity contribution is 6.53. The molecule has 11 heteroatoms. The van der Waals surface area contributed by atoms with Gasteiger partial charge in [0.15, 0.2) is 0 Å². The summed E-state index contributed by atoms with van der Waals surface area (Å²) in [6, 6.07) is 15.1. The Bertz CT molecular complexity index is 1420. The van der Waals surface area contributed by atoms with Crippen molar-refractivity contribution in [2.24, 2.45) is 0 Å². The molecule has 4 rings (SSSR count). The fraction of sp³-hybridized carbons (Fsp3) is 0.0400. The second-order valence-electron chi connectivity index (χ2n) is 7.34. The van der Waals surface area contributed by atoms with Crippen LogP contribution in [0.2, 0.25) is 5.02 Å². The molecule has 0 saturated carbocycles. The van der Waals surface area contributed by atoms with Crippen LogP contribution in [0.15, 0.2) is 77.5 Å². The van der Waals surface area contributed by atoms with Gasteiger partial charge in [-0.3, -0.25) is 9.59 Å². The average Bonchev–Trinajstić information content (AvgIpc) is 3.09. The summed E-state index contributed by atoms with van der Waals surface area (Å²) < 4.78 is 23.4. The third-order valence-electron chi connectivity index (χ3n) is 5.06. The van der Waals surface area contributed by atoms with Gasteiger partial charge in [-0.2, -0.15) is 0 Å². The van der Waals surface area contributed by atoms with E-state index < -0.39 is 29.6 Å². The van der Waals surface area contributed by atoms with Crippen molar-refractivity contribution in [2.45, 2.75) is 0 Å². The molecule has 3 aromatic rings. The van der Waals surface area contributed by atoms with Crippen LogP contribution in [0.3, 0.4) is 0 Å². The smallest absolute Gasteiger partial charge is 0.343 e. The minimum absolute atomic E-state index is 0.0593. The molecule has 1 heterocycles. The Kier molecular flexibility index (Phi) is 7.05. The Labute approximate surface area is 213 Å². The number of rotatable bonds is 6. The normalized spacial score (nSPS) is 13.2. The van der Waals surface area contributed by atoms with E-state index in [-0.39, 0.29) is 32.8 Å². The van der Waals surface area contributed by atoms with Crippen LogP contribution in [0.4, 0.5) is 15.8 Å². The zero-order valence-electron chi connectivity index (χ0n) is 18.4. The van der Waals surface area contributed by atoms with Gasteiger partial charge in [0.1, 0.15) is 22.3 Å². The first-order valence-electron chi connectivity index (χ1n) is 10.2. The maximum Gasteiger partial charge on any atom is 0.343 e. The molecule has 8 nitrogen and oxygen atoms in total. The maximum atomic E-state index is 13.5. The van der Waals surface area contributed by atoms with Gasteiger partial charge in [-0.15, -0.1) is 0 Å². The van der Waals surface area contributed by atoms with E-state index in [1.807, 2.05) is 0 Å². The summed E-state index contributed by atoms with van der Waals surface area (Å²) in [4.78, 5) is 50.1. The number of methoxy groups -OCH3 is 1. The predicted octanol–water partition coefficient (Wildman–Crippen LogP) is 4.92. The molecule has 0 aromatic heterocycles. The molecule has 0 aliphatic carbocycles. The predicted molar refractivity (Wildman–Crippen MR) is 130 cm³/mol. The largest absolute Gasteiger partial charge is 0.465 e. The van der Waals surface area contributed by atoms with Crippen molar-refractivity contribution in [1.29, 1.82) is 0 Å². The summed E-state index contributed by atoms with van der Waals surface area (Å²) >= 11 is 11.9. The fourth-order valence-corrected chi connectivity index (χ4v) is 3.63. The van der Waals surface area contributed by atoms with Crippen LogP contribution < -0.4 is 15.0 Å². The van der Waals surface area contributed by atoms with Crippen LogP contribution in [0, 0.1) is 5.82 Å². The monoisotopic (exact) mass is 528 g/mol. The number of hydrogen-bond donors (Lipinski definition) is 1. The highest BCUT2D eigenvalue weighted by atomic mass is 35.5. The number of carbonyl (C=O) groups is 4. The third-order valence-corrected chi connectivity index (χ3v) is 5.70. The van der Waals surface area contributed by atoms with Crippen LogP contribution in [0.25, 0.3) is 0 Å². The molecule has 0 fully saturated rings. The Morgan fingerprint density at radius 3 is 2.08 bits per heavy atom. The topological polar surface area (TPSA) is 102 Å². The van der Waals surface area contributed by atoms with E-state index in [0.29, 0.717) is 11.3 Å². The Morgan fingerprint density at radius 1 is 0.861 bits per heavy atom. The molecule has 1 aliphatic rings. The number of esters is 2. The van der Waals surface area contributed by atoms with Crippen molar-refractivity contribution in [2.75, 3.05) is 17.3 Å². The number of imide groups is 1. The van der Waals surface area contributed by atoms with E-state index in [1.54, 1.807) is 0 Å². The zero-order valence-corrected chi connectivity index (χ0v) is 19.9. The molecule has 0 spiro atoms. The zero-order chi connectivity index (χ0) is 26.0. The van der Waals surface area contributed by atoms with Crippen LogP contribution in [0.5, 0.6) is 5.75 Å². The molecule has 0 bridgehead atoms. The summed E-state index contributed by atoms with van der Waals surface area (Å²) in [6.07, 6.45) is 0. The number of carbonyl (C=O) groups excluding carboxylic acids is 4. The standard InChI is InChI=1S/C25H15Cl2FN2O6/c1-35-24(33)13-4-9-17(10-5-13)36-25(34)14-2-6-15(7-3-14)29-21-20(27)22(31)30(23(21)32)16-8-11-19(28)18(26)12-16/h2-12,29H,1H3. The van der Waals surface area contributed by atoms with Gasteiger partial charge < -0.3 is 14.8 Å². The summed E-state index contributed by atoms with van der Waals surface area (Å²) in [6.45, 7) is 0. The average molecular weight is 529 g/mol. The van der Waals surface area contributed by atoms with E-state index >= 15 is 0 Å². The van der Waals surface area contributed by atoms with Crippen LogP contribution in [-0.4, -0.2) is 30.9 Å². The van der Waals surface area contributed by atoms with Crippen LogP contribution in [-0.2, 0) is 14.3 Å². The molecule has 0 radical (unpaired) electrons. The van der Waals surface area contributed by atoms with E-state index in [9.17, 15) is 23.6 Å². The number of nitrogens with zero attached hydrogens (tertiary/aromatic N) is 1. The molecule has 2 amide bonds. The molecule has 0 unspecified atom stereocenters. The highest BCUT2D eigenvalue weighted by Gasteiger charge is 2.39. The molecule has 3 aromatic carbocycles. The number of ether oxygens (including phenoxy) is 2. The molecule has 182 valence electrons. The molecular formula is C25H15Cl2FN2O6. The van der Waals surface area contributed by atoms with Gasteiger partial charge in [0, 0.05) is 5.69 Å². The number of nitrogens with one attached hydrogen (secondary N) is 1. The van der Waals surface area contributed by atoms with Crippen molar-refractivity contribution >= 4 is 58.3 Å². The number of anilines is 2. The van der Waals surface area contributed by atoms with Gasteiger partial charge >= 0.3 is 11.9 Å². The molecule has 1 aliphatic heterocycles. The molecule has 0 saturated heterocycles. The minimum atomic E-state index is -0.801.